The van der Waals surface area contributed by atoms with E-state index in [1.807, 2.05) is 12.1 Å². The highest BCUT2D eigenvalue weighted by atomic mass is 32.2. The summed E-state index contributed by atoms with van der Waals surface area (Å²) in [5.41, 5.74) is 2.80. The van der Waals surface area contributed by atoms with Crippen LogP contribution in [0.2, 0.25) is 0 Å². The lowest BCUT2D eigenvalue weighted by Gasteiger charge is -2.40. The van der Waals surface area contributed by atoms with Gasteiger partial charge in [-0.05, 0) is 49.3 Å². The molecule has 3 unspecified atom stereocenters. The summed E-state index contributed by atoms with van der Waals surface area (Å²) in [5, 5.41) is 3.83. The van der Waals surface area contributed by atoms with Crippen LogP contribution in [-0.4, -0.2) is 22.0 Å². The molecule has 0 spiro atoms. The second-order valence-electron chi connectivity index (χ2n) is 7.06. The molecule has 3 heteroatoms. The first-order chi connectivity index (χ1) is 9.93. The van der Waals surface area contributed by atoms with Gasteiger partial charge in [0.15, 0.2) is 0 Å². The van der Waals surface area contributed by atoms with Crippen LogP contribution in [0.3, 0.4) is 0 Å². The summed E-state index contributed by atoms with van der Waals surface area (Å²) < 4.78 is 13.0. The molecule has 3 atom stereocenters. The van der Waals surface area contributed by atoms with Crippen molar-refractivity contribution >= 4 is 10.8 Å². The van der Waals surface area contributed by atoms with Crippen molar-refractivity contribution in [3.8, 4) is 0 Å². The average molecular weight is 308 g/mol. The van der Waals surface area contributed by atoms with Gasteiger partial charge in [-0.25, -0.2) is 0 Å². The van der Waals surface area contributed by atoms with Gasteiger partial charge >= 0.3 is 0 Å². The summed E-state index contributed by atoms with van der Waals surface area (Å²) in [4.78, 5) is 0. The largest absolute Gasteiger partial charge is 0.313 e. The van der Waals surface area contributed by atoms with E-state index < -0.39 is 10.8 Å². The molecule has 1 saturated carbocycles. The van der Waals surface area contributed by atoms with Crippen molar-refractivity contribution in [1.29, 1.82) is 0 Å². The van der Waals surface area contributed by atoms with Gasteiger partial charge in [-0.1, -0.05) is 45.0 Å². The standard InChI is InChI=1S/C18H29NOS/c1-5-19-16-10-11-18(3,4)12-17(16)21(20)13-15-9-7-6-8-14(15)2/h6-9,16-17,19H,5,10-13H2,1-4H3. The Morgan fingerprint density at radius 1 is 1.33 bits per heavy atom. The molecule has 1 fully saturated rings. The van der Waals surface area contributed by atoms with Crippen molar-refractivity contribution in [3.63, 3.8) is 0 Å². The number of aryl methyl sites for hydroxylation is 1. The van der Waals surface area contributed by atoms with Crippen LogP contribution >= 0.6 is 0 Å². The summed E-state index contributed by atoms with van der Waals surface area (Å²) in [7, 11) is -0.808. The van der Waals surface area contributed by atoms with Gasteiger partial charge in [0.05, 0.1) is 5.25 Å². The molecule has 0 heterocycles. The maximum absolute atomic E-state index is 13.0. The van der Waals surface area contributed by atoms with Gasteiger partial charge in [0.1, 0.15) is 0 Å². The number of nitrogens with one attached hydrogen (secondary N) is 1. The molecule has 2 rings (SSSR count). The molecule has 0 saturated heterocycles. The van der Waals surface area contributed by atoms with Crippen molar-refractivity contribution in [2.75, 3.05) is 6.54 Å². The molecule has 1 aromatic rings. The lowest BCUT2D eigenvalue weighted by atomic mass is 9.75. The molecule has 0 aliphatic heterocycles. The maximum Gasteiger partial charge on any atom is 0.0509 e. The molecule has 0 amide bonds. The summed E-state index contributed by atoms with van der Waals surface area (Å²) in [6.45, 7) is 9.84. The number of hydrogen-bond donors (Lipinski definition) is 1. The van der Waals surface area contributed by atoms with E-state index in [1.165, 1.54) is 17.5 Å². The average Bonchev–Trinajstić information content (AvgIpc) is 2.43. The smallest absolute Gasteiger partial charge is 0.0509 e. The molecule has 1 N–H and O–H groups in total. The molecular formula is C18H29NOS. The van der Waals surface area contributed by atoms with E-state index in [1.54, 1.807) is 0 Å². The van der Waals surface area contributed by atoms with E-state index in [2.05, 4.69) is 45.1 Å². The topological polar surface area (TPSA) is 29.1 Å². The normalized spacial score (nSPS) is 26.5. The molecule has 1 aliphatic carbocycles. The maximum atomic E-state index is 13.0. The molecular weight excluding hydrogens is 278 g/mol. The molecule has 0 aromatic heterocycles. The summed E-state index contributed by atoms with van der Waals surface area (Å²) >= 11 is 0. The van der Waals surface area contributed by atoms with E-state index in [9.17, 15) is 4.21 Å². The second kappa shape index (κ2) is 7.06. The number of rotatable bonds is 5. The number of hydrogen-bond acceptors (Lipinski definition) is 2. The highest BCUT2D eigenvalue weighted by Gasteiger charge is 2.37. The SMILES string of the molecule is CCNC1CCC(C)(C)CC1S(=O)Cc1ccccc1C. The minimum Gasteiger partial charge on any atom is -0.313 e. The molecule has 1 aromatic carbocycles. The van der Waals surface area contributed by atoms with Crippen LogP contribution in [-0.2, 0) is 16.6 Å². The van der Waals surface area contributed by atoms with Crippen molar-refractivity contribution < 1.29 is 4.21 Å². The zero-order valence-electron chi connectivity index (χ0n) is 13.8. The van der Waals surface area contributed by atoms with Crippen LogP contribution < -0.4 is 5.32 Å². The zero-order valence-corrected chi connectivity index (χ0v) is 14.6. The summed E-state index contributed by atoms with van der Waals surface area (Å²) in [5.74, 6) is 0.690. The summed E-state index contributed by atoms with van der Waals surface area (Å²) in [6.07, 6.45) is 3.43. The van der Waals surface area contributed by atoms with Crippen molar-refractivity contribution in [2.24, 2.45) is 5.41 Å². The van der Waals surface area contributed by atoms with Crippen molar-refractivity contribution in [1.82, 2.24) is 5.32 Å². The Morgan fingerprint density at radius 3 is 2.71 bits per heavy atom. The van der Waals surface area contributed by atoms with Crippen LogP contribution in [0, 0.1) is 12.3 Å². The molecule has 0 radical (unpaired) electrons. The van der Waals surface area contributed by atoms with Crippen molar-refractivity contribution in [3.05, 3.63) is 35.4 Å². The molecule has 0 bridgehead atoms. The van der Waals surface area contributed by atoms with Crippen LogP contribution in [0.15, 0.2) is 24.3 Å². The third-order valence-corrected chi connectivity index (χ3v) is 6.46. The van der Waals surface area contributed by atoms with Gasteiger partial charge in [0.2, 0.25) is 0 Å². The Bertz CT molecular complexity index is 498. The third-order valence-electron chi connectivity index (χ3n) is 4.70. The van der Waals surface area contributed by atoms with E-state index >= 15 is 0 Å². The van der Waals surface area contributed by atoms with Gasteiger partial charge in [0.25, 0.3) is 0 Å². The Morgan fingerprint density at radius 2 is 2.05 bits per heavy atom. The first-order valence-corrected chi connectivity index (χ1v) is 9.46. The van der Waals surface area contributed by atoms with Crippen molar-refractivity contribution in [2.45, 2.75) is 64.0 Å². The molecule has 21 heavy (non-hydrogen) atoms. The highest BCUT2D eigenvalue weighted by Crippen LogP contribution is 2.38. The first-order valence-electron chi connectivity index (χ1n) is 8.08. The van der Waals surface area contributed by atoms with Crippen LogP contribution in [0.5, 0.6) is 0 Å². The third kappa shape index (κ3) is 4.40. The predicted octanol–water partition coefficient (Wildman–Crippen LogP) is 3.80. The zero-order chi connectivity index (χ0) is 15.5. The fourth-order valence-electron chi connectivity index (χ4n) is 3.33. The summed E-state index contributed by atoms with van der Waals surface area (Å²) in [6, 6.07) is 8.73. The second-order valence-corrected chi connectivity index (χ2v) is 8.72. The van der Waals surface area contributed by atoms with E-state index in [0.29, 0.717) is 17.2 Å². The molecule has 1 aliphatic rings. The quantitative estimate of drug-likeness (QED) is 0.896. The fourth-order valence-corrected chi connectivity index (χ4v) is 5.41. The van der Waals surface area contributed by atoms with E-state index in [-0.39, 0.29) is 5.25 Å². The number of benzene rings is 1. The Hall–Kier alpha value is -0.670. The van der Waals surface area contributed by atoms with E-state index in [4.69, 9.17) is 0 Å². The Balaban J connectivity index is 2.12. The highest BCUT2D eigenvalue weighted by molar-refractivity contribution is 7.84. The van der Waals surface area contributed by atoms with Gasteiger partial charge in [0, 0.05) is 22.6 Å². The Labute approximate surface area is 132 Å². The van der Waals surface area contributed by atoms with Crippen LogP contribution in [0.1, 0.15) is 51.2 Å². The predicted molar refractivity (Wildman–Crippen MR) is 91.9 cm³/mol. The van der Waals surface area contributed by atoms with Gasteiger partial charge in [-0.15, -0.1) is 0 Å². The minimum atomic E-state index is -0.808. The van der Waals surface area contributed by atoms with Crippen LogP contribution in [0.4, 0.5) is 0 Å². The van der Waals surface area contributed by atoms with Gasteiger partial charge in [-0.2, -0.15) is 0 Å². The molecule has 118 valence electrons. The fraction of sp³-hybridized carbons (Fsp3) is 0.667. The van der Waals surface area contributed by atoms with Gasteiger partial charge in [-0.3, -0.25) is 4.21 Å². The van der Waals surface area contributed by atoms with Gasteiger partial charge < -0.3 is 5.32 Å². The Kier molecular flexibility index (Phi) is 5.61. The first kappa shape index (κ1) is 16.7. The van der Waals surface area contributed by atoms with Crippen LogP contribution in [0.25, 0.3) is 0 Å². The lowest BCUT2D eigenvalue weighted by Crippen LogP contribution is -2.48. The molecule has 2 nitrogen and oxygen atoms in total. The lowest BCUT2D eigenvalue weighted by molar-refractivity contribution is 0.213. The monoisotopic (exact) mass is 307 g/mol. The van der Waals surface area contributed by atoms with E-state index in [0.717, 1.165) is 19.4 Å². The minimum absolute atomic E-state index is 0.272.